The fourth-order valence-electron chi connectivity index (χ4n) is 0.323. The summed E-state index contributed by atoms with van der Waals surface area (Å²) in [5.74, 6) is -0.966. The Morgan fingerprint density at radius 3 is 2.67 bits per heavy atom. The Bertz CT molecular complexity index is 186. The summed E-state index contributed by atoms with van der Waals surface area (Å²) in [6.45, 7) is 0. The summed E-state index contributed by atoms with van der Waals surface area (Å²) in [6, 6.07) is 1.47. The van der Waals surface area contributed by atoms with E-state index in [-0.39, 0.29) is 18.1 Å². The molecule has 5 heteroatoms. The van der Waals surface area contributed by atoms with Crippen molar-refractivity contribution < 1.29 is 9.90 Å². The molecule has 0 radical (unpaired) electrons. The van der Waals surface area contributed by atoms with Crippen molar-refractivity contribution >= 4 is 29.9 Å². The fraction of sp³-hybridized carbons (Fsp3) is 0. The Morgan fingerprint density at radius 1 is 1.78 bits per heavy atom. The van der Waals surface area contributed by atoms with Crippen LogP contribution in [0.3, 0.4) is 0 Å². The Morgan fingerprint density at radius 2 is 2.44 bits per heavy atom. The molecule has 1 rings (SSSR count). The maximum Gasteiger partial charge on any atom is 0.355 e. The highest BCUT2D eigenvalue weighted by Crippen LogP contribution is 1.97. The van der Waals surface area contributed by atoms with Gasteiger partial charge in [-0.25, -0.2) is 4.79 Å². The Hall–Kier alpha value is -0.610. The zero-order valence-corrected chi connectivity index (χ0v) is 5.91. The first-order valence-electron chi connectivity index (χ1n) is 1.94. The van der Waals surface area contributed by atoms with Gasteiger partial charge in [0.2, 0.25) is 0 Å². The summed E-state index contributed by atoms with van der Waals surface area (Å²) in [5, 5.41) is 9.85. The summed E-state index contributed by atoms with van der Waals surface area (Å²) in [7, 11) is 0. The van der Waals surface area contributed by atoms with Crippen molar-refractivity contribution in [1.29, 1.82) is 0 Å². The normalized spacial score (nSPS) is 8.00. The van der Waals surface area contributed by atoms with Crippen LogP contribution in [0, 0.1) is 0 Å². The van der Waals surface area contributed by atoms with Crippen molar-refractivity contribution in [2.24, 2.45) is 0 Å². The molecule has 0 unspecified atom stereocenters. The van der Waals surface area contributed by atoms with E-state index in [9.17, 15) is 4.79 Å². The average molecular weight is 166 g/mol. The van der Waals surface area contributed by atoms with Gasteiger partial charge in [-0.2, -0.15) is 4.37 Å². The minimum Gasteiger partial charge on any atom is -0.476 e. The third-order valence-electron chi connectivity index (χ3n) is 0.657. The molecule has 0 amide bonds. The predicted molar refractivity (Wildman–Crippen MR) is 36.3 cm³/mol. The van der Waals surface area contributed by atoms with Crippen LogP contribution in [0.25, 0.3) is 0 Å². The lowest BCUT2D eigenvalue weighted by Crippen LogP contribution is -1.93. The van der Waals surface area contributed by atoms with Crippen molar-refractivity contribution in [2.75, 3.05) is 0 Å². The van der Waals surface area contributed by atoms with Crippen molar-refractivity contribution in [2.45, 2.75) is 0 Å². The summed E-state index contributed by atoms with van der Waals surface area (Å²) in [5.41, 5.74) is 0.120. The van der Waals surface area contributed by atoms with Gasteiger partial charge in [0.15, 0.2) is 5.69 Å². The van der Waals surface area contributed by atoms with Crippen LogP contribution >= 0.6 is 23.9 Å². The monoisotopic (exact) mass is 165 g/mol. The Kier molecular flexibility index (Phi) is 3.19. The van der Waals surface area contributed by atoms with E-state index < -0.39 is 5.97 Å². The molecule has 1 aromatic rings. The average Bonchev–Trinajstić information content (AvgIpc) is 2.12. The number of carboxylic acids is 1. The maximum atomic E-state index is 10.0. The molecule has 0 saturated heterocycles. The van der Waals surface area contributed by atoms with E-state index >= 15 is 0 Å². The molecule has 1 heterocycles. The lowest BCUT2D eigenvalue weighted by molar-refractivity contribution is 0.0692. The van der Waals surface area contributed by atoms with Crippen LogP contribution in [0.4, 0.5) is 0 Å². The molecule has 1 aromatic heterocycles. The fourth-order valence-corrected chi connectivity index (χ4v) is 0.826. The quantitative estimate of drug-likeness (QED) is 0.682. The van der Waals surface area contributed by atoms with E-state index in [1.165, 1.54) is 6.07 Å². The topological polar surface area (TPSA) is 50.2 Å². The number of halogens is 1. The molecule has 0 atom stereocenters. The molecule has 0 aliphatic rings. The molecule has 50 valence electrons. The number of carbonyl (C=O) groups is 1. The maximum absolute atomic E-state index is 10.0. The molecule has 9 heavy (non-hydrogen) atoms. The molecule has 0 fully saturated rings. The first-order chi connectivity index (χ1) is 3.80. The van der Waals surface area contributed by atoms with Crippen molar-refractivity contribution in [3.63, 3.8) is 0 Å². The van der Waals surface area contributed by atoms with Gasteiger partial charge in [-0.05, 0) is 17.6 Å². The number of hydrogen-bond donors (Lipinski definition) is 1. The van der Waals surface area contributed by atoms with Gasteiger partial charge in [0, 0.05) is 5.38 Å². The minimum absolute atomic E-state index is 0. The Balaban J connectivity index is 0.000000640. The minimum atomic E-state index is -0.966. The summed E-state index contributed by atoms with van der Waals surface area (Å²) in [4.78, 5) is 10.0. The largest absolute Gasteiger partial charge is 0.476 e. The number of hydrogen-bond acceptors (Lipinski definition) is 3. The molecule has 0 aliphatic carbocycles. The molecule has 0 aliphatic heterocycles. The van der Waals surface area contributed by atoms with Gasteiger partial charge in [-0.3, -0.25) is 0 Å². The van der Waals surface area contributed by atoms with Crippen molar-refractivity contribution in [3.05, 3.63) is 17.1 Å². The van der Waals surface area contributed by atoms with Gasteiger partial charge in [0.25, 0.3) is 0 Å². The summed E-state index contributed by atoms with van der Waals surface area (Å²) < 4.78 is 3.56. The van der Waals surface area contributed by atoms with Gasteiger partial charge in [0.05, 0.1) is 0 Å². The van der Waals surface area contributed by atoms with Gasteiger partial charge in [0.1, 0.15) is 0 Å². The first kappa shape index (κ1) is 8.39. The highest BCUT2D eigenvalue weighted by atomic mass is 35.5. The lowest BCUT2D eigenvalue weighted by Gasteiger charge is -1.77. The highest BCUT2D eigenvalue weighted by Gasteiger charge is 2.01. The molecular weight excluding hydrogens is 162 g/mol. The summed E-state index contributed by atoms with van der Waals surface area (Å²) >= 11 is 1.14. The highest BCUT2D eigenvalue weighted by molar-refractivity contribution is 7.03. The third kappa shape index (κ3) is 1.99. The van der Waals surface area contributed by atoms with Gasteiger partial charge >= 0.3 is 5.97 Å². The van der Waals surface area contributed by atoms with Crippen LogP contribution < -0.4 is 0 Å². The number of aromatic carboxylic acids is 1. The SMILES string of the molecule is Cl.O=C(O)c1ccsn1. The zero-order chi connectivity index (χ0) is 5.98. The number of rotatable bonds is 1. The van der Waals surface area contributed by atoms with Gasteiger partial charge < -0.3 is 5.11 Å². The number of nitrogens with zero attached hydrogens (tertiary/aromatic N) is 1. The van der Waals surface area contributed by atoms with Crippen LogP contribution in [0.2, 0.25) is 0 Å². The molecule has 0 aromatic carbocycles. The Labute approximate surface area is 61.9 Å². The van der Waals surface area contributed by atoms with Gasteiger partial charge in [-0.15, -0.1) is 12.4 Å². The second-order valence-electron chi connectivity index (χ2n) is 1.19. The second-order valence-corrected chi connectivity index (χ2v) is 1.86. The van der Waals surface area contributed by atoms with E-state index in [1.54, 1.807) is 5.38 Å². The molecular formula is C4H4ClNO2S. The zero-order valence-electron chi connectivity index (χ0n) is 4.27. The van der Waals surface area contributed by atoms with Crippen LogP contribution in [-0.4, -0.2) is 15.4 Å². The van der Waals surface area contributed by atoms with Crippen LogP contribution in [-0.2, 0) is 0 Å². The molecule has 0 bridgehead atoms. The standard InChI is InChI=1S/C4H3NO2S.ClH/c6-4(7)3-1-2-8-5-3;/h1-2H,(H,6,7);1H. The van der Waals surface area contributed by atoms with Crippen LogP contribution in [0.1, 0.15) is 10.5 Å². The van der Waals surface area contributed by atoms with E-state index in [0.29, 0.717) is 0 Å². The molecule has 1 N–H and O–H groups in total. The molecule has 0 saturated carbocycles. The number of carboxylic acid groups (broad SMARTS) is 1. The second kappa shape index (κ2) is 3.42. The van der Waals surface area contributed by atoms with Crippen LogP contribution in [0.15, 0.2) is 11.4 Å². The number of aromatic nitrogens is 1. The van der Waals surface area contributed by atoms with E-state index in [4.69, 9.17) is 5.11 Å². The lowest BCUT2D eigenvalue weighted by atomic mass is 10.5. The van der Waals surface area contributed by atoms with Crippen molar-refractivity contribution in [1.82, 2.24) is 4.37 Å². The first-order valence-corrected chi connectivity index (χ1v) is 2.78. The smallest absolute Gasteiger partial charge is 0.355 e. The summed E-state index contributed by atoms with van der Waals surface area (Å²) in [6.07, 6.45) is 0. The van der Waals surface area contributed by atoms with Crippen LogP contribution in [0.5, 0.6) is 0 Å². The van der Waals surface area contributed by atoms with E-state index in [0.717, 1.165) is 11.5 Å². The molecule has 3 nitrogen and oxygen atoms in total. The van der Waals surface area contributed by atoms with Crippen molar-refractivity contribution in [3.8, 4) is 0 Å². The third-order valence-corrected chi connectivity index (χ3v) is 1.22. The molecule has 0 spiro atoms. The van der Waals surface area contributed by atoms with Gasteiger partial charge in [-0.1, -0.05) is 0 Å². The van der Waals surface area contributed by atoms with E-state index in [1.807, 2.05) is 0 Å². The predicted octanol–water partition coefficient (Wildman–Crippen LogP) is 1.26. The van der Waals surface area contributed by atoms with E-state index in [2.05, 4.69) is 4.37 Å².